The van der Waals surface area contributed by atoms with Crippen molar-refractivity contribution in [3.05, 3.63) is 23.2 Å². The predicted molar refractivity (Wildman–Crippen MR) is 83.6 cm³/mol. The molecular formula is C13H13ClN2O2S2. The number of hydrogen-bond donors (Lipinski definition) is 0. The van der Waals surface area contributed by atoms with E-state index in [1.807, 2.05) is 18.2 Å². The number of carbonyl (C=O) groups is 2. The van der Waals surface area contributed by atoms with Crippen LogP contribution in [0.1, 0.15) is 0 Å². The fourth-order valence-corrected chi connectivity index (χ4v) is 4.28. The van der Waals surface area contributed by atoms with Crippen LogP contribution in [-0.4, -0.2) is 47.2 Å². The van der Waals surface area contributed by atoms with Crippen LogP contribution in [0.2, 0.25) is 5.02 Å². The fraction of sp³-hybridized carbons (Fsp3) is 0.385. The van der Waals surface area contributed by atoms with Gasteiger partial charge in [-0.1, -0.05) is 11.6 Å². The van der Waals surface area contributed by atoms with Crippen LogP contribution in [-0.2, 0) is 9.59 Å². The monoisotopic (exact) mass is 328 g/mol. The van der Waals surface area contributed by atoms with E-state index < -0.39 is 0 Å². The van der Waals surface area contributed by atoms with E-state index in [1.165, 1.54) is 0 Å². The van der Waals surface area contributed by atoms with Crippen molar-refractivity contribution >= 4 is 52.6 Å². The summed E-state index contributed by atoms with van der Waals surface area (Å²) in [7, 11) is 0. The van der Waals surface area contributed by atoms with E-state index in [0.29, 0.717) is 23.2 Å². The first-order chi connectivity index (χ1) is 9.65. The molecule has 3 rings (SSSR count). The van der Waals surface area contributed by atoms with E-state index in [1.54, 1.807) is 33.3 Å². The summed E-state index contributed by atoms with van der Waals surface area (Å²) >= 11 is 9.30. The molecule has 2 heterocycles. The number of fused-ring (bicyclic) bond motifs is 1. The van der Waals surface area contributed by atoms with Crippen LogP contribution in [0.4, 0.5) is 5.69 Å². The van der Waals surface area contributed by atoms with Crippen LogP contribution >= 0.6 is 35.1 Å². The molecule has 7 heteroatoms. The van der Waals surface area contributed by atoms with Crippen molar-refractivity contribution in [3.63, 3.8) is 0 Å². The summed E-state index contributed by atoms with van der Waals surface area (Å²) in [5.74, 6) is 1.95. The van der Waals surface area contributed by atoms with Gasteiger partial charge in [-0.3, -0.25) is 9.59 Å². The molecule has 1 fully saturated rings. The molecule has 0 saturated carbocycles. The number of benzene rings is 1. The average molecular weight is 329 g/mol. The molecule has 20 heavy (non-hydrogen) atoms. The molecule has 2 aliphatic heterocycles. The maximum Gasteiger partial charge on any atom is 0.246 e. The summed E-state index contributed by atoms with van der Waals surface area (Å²) in [4.78, 5) is 28.5. The van der Waals surface area contributed by atoms with Gasteiger partial charge < -0.3 is 9.80 Å². The number of nitrogens with zero attached hydrogens (tertiary/aromatic N) is 2. The van der Waals surface area contributed by atoms with Crippen LogP contribution < -0.4 is 4.90 Å². The first-order valence-corrected chi connectivity index (χ1v) is 8.75. The number of hydrogen-bond acceptors (Lipinski definition) is 4. The Balaban J connectivity index is 1.79. The molecule has 0 radical (unpaired) electrons. The number of rotatable bonds is 2. The number of thioether (sulfide) groups is 2. The smallest absolute Gasteiger partial charge is 0.246 e. The zero-order valence-corrected chi connectivity index (χ0v) is 13.1. The second-order valence-corrected chi connectivity index (χ2v) is 7.10. The minimum Gasteiger partial charge on any atom is -0.323 e. The summed E-state index contributed by atoms with van der Waals surface area (Å²) in [5, 5.41) is 0.622. The minimum absolute atomic E-state index is 0.0373. The van der Waals surface area contributed by atoms with Crippen molar-refractivity contribution in [2.45, 2.75) is 4.90 Å². The van der Waals surface area contributed by atoms with Crippen LogP contribution in [0.3, 0.4) is 0 Å². The Kier molecular flexibility index (Phi) is 4.14. The zero-order chi connectivity index (χ0) is 14.1. The van der Waals surface area contributed by atoms with Crippen molar-refractivity contribution in [2.75, 3.05) is 35.4 Å². The summed E-state index contributed by atoms with van der Waals surface area (Å²) in [6.07, 6.45) is 0. The van der Waals surface area contributed by atoms with E-state index in [4.69, 9.17) is 11.6 Å². The topological polar surface area (TPSA) is 40.6 Å². The van der Waals surface area contributed by atoms with Gasteiger partial charge >= 0.3 is 0 Å². The highest BCUT2D eigenvalue weighted by Gasteiger charge is 2.28. The quantitative estimate of drug-likeness (QED) is 0.835. The number of halogens is 1. The van der Waals surface area contributed by atoms with E-state index in [2.05, 4.69) is 0 Å². The van der Waals surface area contributed by atoms with Gasteiger partial charge in [0.2, 0.25) is 11.8 Å². The molecule has 1 aromatic rings. The minimum atomic E-state index is -0.0373. The highest BCUT2D eigenvalue weighted by Crippen LogP contribution is 2.36. The average Bonchev–Trinajstić information content (AvgIpc) is 2.83. The van der Waals surface area contributed by atoms with Crippen molar-refractivity contribution < 1.29 is 9.59 Å². The largest absolute Gasteiger partial charge is 0.323 e. The van der Waals surface area contributed by atoms with Gasteiger partial charge in [-0.2, -0.15) is 0 Å². The number of anilines is 1. The highest BCUT2D eigenvalue weighted by molar-refractivity contribution is 8.00. The molecular weight excluding hydrogens is 316 g/mol. The third kappa shape index (κ3) is 2.77. The predicted octanol–water partition coefficient (Wildman–Crippen LogP) is 2.31. The van der Waals surface area contributed by atoms with Crippen LogP contribution in [0.5, 0.6) is 0 Å². The molecule has 1 saturated heterocycles. The van der Waals surface area contributed by atoms with Crippen molar-refractivity contribution in [1.82, 2.24) is 4.90 Å². The van der Waals surface area contributed by atoms with Crippen LogP contribution in [0, 0.1) is 0 Å². The maximum atomic E-state index is 12.4. The molecule has 2 amide bonds. The standard InChI is InChI=1S/C13H13ClN2O2S2/c14-9-1-2-11-10(5-9)16(3-4-20-11)12(17)6-15-8-19-7-13(15)18/h1-2,5H,3-4,6-8H2. The molecule has 0 N–H and O–H groups in total. The molecule has 0 bridgehead atoms. The Labute approximate surface area is 130 Å². The van der Waals surface area contributed by atoms with Gasteiger partial charge in [-0.05, 0) is 18.2 Å². The third-order valence-corrected chi connectivity index (χ3v) is 5.46. The lowest BCUT2D eigenvalue weighted by atomic mass is 10.2. The highest BCUT2D eigenvalue weighted by atomic mass is 35.5. The summed E-state index contributed by atoms with van der Waals surface area (Å²) in [5.41, 5.74) is 0.859. The van der Waals surface area contributed by atoms with Crippen LogP contribution in [0.25, 0.3) is 0 Å². The number of amides is 2. The molecule has 106 valence electrons. The van der Waals surface area contributed by atoms with E-state index in [9.17, 15) is 9.59 Å². The van der Waals surface area contributed by atoms with Crippen molar-refractivity contribution in [1.29, 1.82) is 0 Å². The van der Waals surface area contributed by atoms with Gasteiger partial charge in [0.05, 0.1) is 17.3 Å². The molecule has 0 aliphatic carbocycles. The van der Waals surface area contributed by atoms with E-state index in [0.717, 1.165) is 16.3 Å². The Morgan fingerprint density at radius 3 is 3.00 bits per heavy atom. The van der Waals surface area contributed by atoms with Crippen LogP contribution in [0.15, 0.2) is 23.1 Å². The lowest BCUT2D eigenvalue weighted by molar-refractivity contribution is -0.131. The molecule has 2 aliphatic rings. The second-order valence-electron chi connectivity index (χ2n) is 4.58. The summed E-state index contributed by atoms with van der Waals surface area (Å²) < 4.78 is 0. The first kappa shape index (κ1) is 14.1. The molecule has 0 aromatic heterocycles. The van der Waals surface area contributed by atoms with E-state index in [-0.39, 0.29) is 18.4 Å². The lowest BCUT2D eigenvalue weighted by Crippen LogP contribution is -2.43. The second kappa shape index (κ2) is 5.87. The van der Waals surface area contributed by atoms with Crippen molar-refractivity contribution in [2.24, 2.45) is 0 Å². The number of carbonyl (C=O) groups excluding carboxylic acids is 2. The maximum absolute atomic E-state index is 12.4. The van der Waals surface area contributed by atoms with Gasteiger partial charge in [0.1, 0.15) is 6.54 Å². The van der Waals surface area contributed by atoms with Gasteiger partial charge in [0.25, 0.3) is 0 Å². The van der Waals surface area contributed by atoms with Gasteiger partial charge in [0, 0.05) is 22.2 Å². The Morgan fingerprint density at radius 2 is 2.25 bits per heavy atom. The molecule has 4 nitrogen and oxygen atoms in total. The molecule has 0 unspecified atom stereocenters. The zero-order valence-electron chi connectivity index (χ0n) is 10.7. The molecule has 0 spiro atoms. The summed E-state index contributed by atoms with van der Waals surface area (Å²) in [6.45, 7) is 0.814. The molecule has 1 aromatic carbocycles. The van der Waals surface area contributed by atoms with Gasteiger partial charge in [-0.15, -0.1) is 23.5 Å². The Morgan fingerprint density at radius 1 is 1.40 bits per heavy atom. The van der Waals surface area contributed by atoms with Gasteiger partial charge in [-0.25, -0.2) is 0 Å². The fourth-order valence-electron chi connectivity index (χ4n) is 2.24. The van der Waals surface area contributed by atoms with Gasteiger partial charge in [0.15, 0.2) is 0 Å². The first-order valence-electron chi connectivity index (χ1n) is 6.23. The lowest BCUT2D eigenvalue weighted by Gasteiger charge is -2.30. The normalized spacial score (nSPS) is 18.4. The van der Waals surface area contributed by atoms with Crippen molar-refractivity contribution in [3.8, 4) is 0 Å². The molecule has 0 atom stereocenters. The Bertz CT molecular complexity index is 567. The Hall–Kier alpha value is -0.850. The summed E-state index contributed by atoms with van der Waals surface area (Å²) in [6, 6.07) is 5.60. The van der Waals surface area contributed by atoms with E-state index >= 15 is 0 Å². The third-order valence-electron chi connectivity index (χ3n) is 3.24. The SMILES string of the molecule is O=C1CSCN1CC(=O)N1CCSc2ccc(Cl)cc21.